The molecule has 0 aliphatic carbocycles. The van der Waals surface area contributed by atoms with Crippen molar-refractivity contribution in [3.05, 3.63) is 72.9 Å². The Morgan fingerprint density at radius 3 is 0.795 bits per heavy atom. The largest absolute Gasteiger partial charge is 0.462 e. The summed E-state index contributed by atoms with van der Waals surface area (Å²) < 4.78 is 17.0. The molecule has 0 saturated heterocycles. The molecular formula is C72H128O6. The molecule has 0 N–H and O–H groups in total. The third-order valence-electron chi connectivity index (χ3n) is 14.9. The van der Waals surface area contributed by atoms with Crippen molar-refractivity contribution >= 4 is 17.9 Å². The number of carbonyl (C=O) groups excluding carboxylic acids is 3. The highest BCUT2D eigenvalue weighted by Crippen LogP contribution is 2.17. The first kappa shape index (κ1) is 74.8. The summed E-state index contributed by atoms with van der Waals surface area (Å²) in [5.41, 5.74) is 0. The molecule has 6 heteroatoms. The first-order chi connectivity index (χ1) is 38.5. The van der Waals surface area contributed by atoms with E-state index in [1.54, 1.807) is 0 Å². The second-order valence-corrected chi connectivity index (χ2v) is 22.7. The highest BCUT2D eigenvalue weighted by molar-refractivity contribution is 5.71. The Kier molecular flexibility index (Phi) is 63.7. The summed E-state index contributed by atoms with van der Waals surface area (Å²) >= 11 is 0. The fourth-order valence-corrected chi connectivity index (χ4v) is 9.88. The molecule has 0 aliphatic rings. The van der Waals surface area contributed by atoms with Gasteiger partial charge in [-0.2, -0.15) is 0 Å². The van der Waals surface area contributed by atoms with Gasteiger partial charge in [0.2, 0.25) is 0 Å². The van der Waals surface area contributed by atoms with Gasteiger partial charge in [0.25, 0.3) is 0 Å². The SMILES string of the molecule is CC/C=C\C/C=C\C/C=C\C/C=C\C/C=C\CCCCCCCCCCCCCCCC(=O)OCC(COC(=O)CCCCCCCCCCCCCCCCC)OC(=O)CCCCCCC/C=C\CCCCCCCCC. The van der Waals surface area contributed by atoms with E-state index in [-0.39, 0.29) is 31.1 Å². The number of ether oxygens (including phenoxy) is 3. The monoisotopic (exact) mass is 1090 g/mol. The summed E-state index contributed by atoms with van der Waals surface area (Å²) in [7, 11) is 0. The fraction of sp³-hybridized carbons (Fsp3) is 0.792. The van der Waals surface area contributed by atoms with E-state index in [9.17, 15) is 14.4 Å². The third kappa shape index (κ3) is 63.7. The number of rotatable bonds is 62. The van der Waals surface area contributed by atoms with Gasteiger partial charge in [-0.3, -0.25) is 14.4 Å². The van der Waals surface area contributed by atoms with Gasteiger partial charge in [0, 0.05) is 19.3 Å². The number of carbonyl (C=O) groups is 3. The molecule has 6 nitrogen and oxygen atoms in total. The van der Waals surface area contributed by atoms with Gasteiger partial charge in [0.15, 0.2) is 6.10 Å². The van der Waals surface area contributed by atoms with Crippen molar-refractivity contribution in [1.29, 1.82) is 0 Å². The maximum absolute atomic E-state index is 12.9. The van der Waals surface area contributed by atoms with Crippen molar-refractivity contribution in [1.82, 2.24) is 0 Å². The zero-order valence-corrected chi connectivity index (χ0v) is 51.9. The van der Waals surface area contributed by atoms with E-state index in [2.05, 4.69) is 93.7 Å². The highest BCUT2D eigenvalue weighted by Gasteiger charge is 2.19. The Balaban J connectivity index is 4.25. The van der Waals surface area contributed by atoms with Crippen molar-refractivity contribution < 1.29 is 28.6 Å². The maximum atomic E-state index is 12.9. The van der Waals surface area contributed by atoms with E-state index in [4.69, 9.17) is 14.2 Å². The number of allylic oxidation sites excluding steroid dienone is 12. The van der Waals surface area contributed by atoms with Crippen LogP contribution in [0.2, 0.25) is 0 Å². The molecule has 0 fully saturated rings. The van der Waals surface area contributed by atoms with Crippen molar-refractivity contribution in [3.63, 3.8) is 0 Å². The summed E-state index contributed by atoms with van der Waals surface area (Å²) in [6.07, 6.45) is 86.3. The minimum atomic E-state index is -0.778. The number of hydrogen-bond acceptors (Lipinski definition) is 6. The minimum Gasteiger partial charge on any atom is -0.462 e. The van der Waals surface area contributed by atoms with Crippen LogP contribution < -0.4 is 0 Å². The van der Waals surface area contributed by atoms with Crippen LogP contribution in [0.15, 0.2) is 72.9 Å². The van der Waals surface area contributed by atoms with E-state index in [1.165, 1.54) is 212 Å². The molecular weight excluding hydrogens is 961 g/mol. The van der Waals surface area contributed by atoms with Crippen LogP contribution in [0, 0.1) is 0 Å². The van der Waals surface area contributed by atoms with Crippen LogP contribution in [-0.4, -0.2) is 37.2 Å². The van der Waals surface area contributed by atoms with Gasteiger partial charge >= 0.3 is 17.9 Å². The van der Waals surface area contributed by atoms with Gasteiger partial charge in [0.1, 0.15) is 13.2 Å². The van der Waals surface area contributed by atoms with Crippen LogP contribution in [0.4, 0.5) is 0 Å². The molecule has 0 aromatic rings. The maximum Gasteiger partial charge on any atom is 0.306 e. The van der Waals surface area contributed by atoms with Gasteiger partial charge in [0.05, 0.1) is 0 Å². The molecule has 0 rings (SSSR count). The van der Waals surface area contributed by atoms with Crippen molar-refractivity contribution in [3.8, 4) is 0 Å². The van der Waals surface area contributed by atoms with E-state index >= 15 is 0 Å². The summed E-state index contributed by atoms with van der Waals surface area (Å²) in [4.78, 5) is 38.4. The van der Waals surface area contributed by atoms with E-state index in [0.717, 1.165) is 96.3 Å². The average molecular weight is 1090 g/mol. The van der Waals surface area contributed by atoms with E-state index < -0.39 is 6.10 Å². The smallest absolute Gasteiger partial charge is 0.306 e. The molecule has 0 aromatic heterocycles. The van der Waals surface area contributed by atoms with Gasteiger partial charge in [-0.05, 0) is 89.9 Å². The van der Waals surface area contributed by atoms with Crippen LogP contribution in [0.3, 0.4) is 0 Å². The van der Waals surface area contributed by atoms with Crippen molar-refractivity contribution in [2.75, 3.05) is 13.2 Å². The second kappa shape index (κ2) is 66.4. The Hall–Kier alpha value is -3.15. The lowest BCUT2D eigenvalue weighted by atomic mass is 10.0. The molecule has 0 spiro atoms. The molecule has 0 amide bonds. The van der Waals surface area contributed by atoms with Gasteiger partial charge in [-0.25, -0.2) is 0 Å². The van der Waals surface area contributed by atoms with E-state index in [0.29, 0.717) is 19.3 Å². The second-order valence-electron chi connectivity index (χ2n) is 22.7. The van der Waals surface area contributed by atoms with Crippen LogP contribution in [0.5, 0.6) is 0 Å². The molecule has 0 aliphatic heterocycles. The zero-order chi connectivity index (χ0) is 56.4. The summed E-state index contributed by atoms with van der Waals surface area (Å²) in [5, 5.41) is 0. The van der Waals surface area contributed by atoms with Crippen LogP contribution in [0.25, 0.3) is 0 Å². The van der Waals surface area contributed by atoms with Crippen molar-refractivity contribution in [2.24, 2.45) is 0 Å². The molecule has 0 aromatic carbocycles. The predicted molar refractivity (Wildman–Crippen MR) is 339 cm³/mol. The zero-order valence-electron chi connectivity index (χ0n) is 51.9. The molecule has 0 bridgehead atoms. The van der Waals surface area contributed by atoms with Crippen LogP contribution in [0.1, 0.15) is 348 Å². The lowest BCUT2D eigenvalue weighted by Gasteiger charge is -2.18. The molecule has 0 heterocycles. The lowest BCUT2D eigenvalue weighted by molar-refractivity contribution is -0.167. The molecule has 1 unspecified atom stereocenters. The Bertz CT molecular complexity index is 1440. The normalized spacial score (nSPS) is 12.5. The number of hydrogen-bond donors (Lipinski definition) is 0. The Morgan fingerprint density at radius 2 is 0.500 bits per heavy atom. The highest BCUT2D eigenvalue weighted by atomic mass is 16.6. The van der Waals surface area contributed by atoms with Gasteiger partial charge in [-0.15, -0.1) is 0 Å². The first-order valence-electron chi connectivity index (χ1n) is 33.9. The molecule has 0 saturated carbocycles. The van der Waals surface area contributed by atoms with Crippen LogP contribution >= 0.6 is 0 Å². The Labute approximate surface area is 484 Å². The quantitative estimate of drug-likeness (QED) is 0.0261. The standard InChI is InChI=1S/C72H128O6/c1-4-7-10-13-16-19-22-25-28-30-31-32-33-34-35-36-37-38-39-40-41-42-45-47-50-53-56-59-62-65-71(74)77-68-69(67-76-70(73)64-61-58-55-52-49-46-43-27-24-21-18-15-12-9-6-3)78-72(75)66-63-60-57-54-51-48-44-29-26-23-20-17-14-11-8-5-2/h7,10,16,19,25,28-29,31-32,34-35,44,69H,4-6,8-9,11-15,17-18,20-24,26-27,30,33,36-43,45-68H2,1-3H3/b10-7-,19-16-,28-25-,32-31-,35-34-,44-29-. The summed E-state index contributed by atoms with van der Waals surface area (Å²) in [6.45, 7) is 6.57. The average Bonchev–Trinajstić information content (AvgIpc) is 3.44. The lowest BCUT2D eigenvalue weighted by Crippen LogP contribution is -2.30. The van der Waals surface area contributed by atoms with Crippen molar-refractivity contribution in [2.45, 2.75) is 354 Å². The molecule has 1 atom stereocenters. The first-order valence-corrected chi connectivity index (χ1v) is 33.9. The fourth-order valence-electron chi connectivity index (χ4n) is 9.88. The molecule has 452 valence electrons. The topological polar surface area (TPSA) is 78.9 Å². The summed E-state index contributed by atoms with van der Waals surface area (Å²) in [6, 6.07) is 0. The number of unbranched alkanes of at least 4 members (excludes halogenated alkanes) is 39. The molecule has 78 heavy (non-hydrogen) atoms. The minimum absolute atomic E-state index is 0.0739. The van der Waals surface area contributed by atoms with Crippen LogP contribution in [-0.2, 0) is 28.6 Å². The number of esters is 3. The Morgan fingerprint density at radius 1 is 0.269 bits per heavy atom. The summed E-state index contributed by atoms with van der Waals surface area (Å²) in [5.74, 6) is -0.863. The van der Waals surface area contributed by atoms with Gasteiger partial charge < -0.3 is 14.2 Å². The predicted octanol–water partition coefficient (Wildman–Crippen LogP) is 23.3. The van der Waals surface area contributed by atoms with Gasteiger partial charge in [-0.1, -0.05) is 312 Å². The molecule has 0 radical (unpaired) electrons. The third-order valence-corrected chi connectivity index (χ3v) is 14.9. The van der Waals surface area contributed by atoms with E-state index in [1.807, 2.05) is 0 Å².